The number of alkyl halides is 1. The van der Waals surface area contributed by atoms with E-state index in [0.29, 0.717) is 0 Å². The Labute approximate surface area is 106 Å². The molecule has 0 aromatic carbocycles. The summed E-state index contributed by atoms with van der Waals surface area (Å²) in [5.74, 6) is 0.111. The molecule has 0 bridgehead atoms. The number of amides is 1. The van der Waals surface area contributed by atoms with E-state index in [-0.39, 0.29) is 17.8 Å². The van der Waals surface area contributed by atoms with Gasteiger partial charge >= 0.3 is 16.3 Å². The lowest BCUT2D eigenvalue weighted by Crippen LogP contribution is -2.43. The zero-order valence-corrected chi connectivity index (χ0v) is 11.2. The Balaban J connectivity index is 2.40. The van der Waals surface area contributed by atoms with Crippen LogP contribution in [0.4, 0.5) is 4.79 Å². The standard InChI is InChI=1S/C9H17ClN2O4S/c1-16-9(13)12-17(14,15)11-6-7-4-2-3-5-8(7)10/h7-8,11H,2-6H2,1H3,(H,12,13). The number of hydrogen-bond donors (Lipinski definition) is 2. The summed E-state index contributed by atoms with van der Waals surface area (Å²) in [7, 11) is -2.75. The summed E-state index contributed by atoms with van der Waals surface area (Å²) in [6.45, 7) is 0.237. The zero-order valence-electron chi connectivity index (χ0n) is 9.61. The molecule has 17 heavy (non-hydrogen) atoms. The van der Waals surface area contributed by atoms with E-state index in [1.807, 2.05) is 0 Å². The summed E-state index contributed by atoms with van der Waals surface area (Å²) >= 11 is 6.10. The van der Waals surface area contributed by atoms with Crippen molar-refractivity contribution in [2.45, 2.75) is 31.1 Å². The molecule has 0 saturated heterocycles. The highest BCUT2D eigenvalue weighted by molar-refractivity contribution is 7.88. The number of hydrogen-bond acceptors (Lipinski definition) is 4. The average molecular weight is 285 g/mol. The topological polar surface area (TPSA) is 84.5 Å². The second-order valence-electron chi connectivity index (χ2n) is 4.01. The molecule has 8 heteroatoms. The highest BCUT2D eigenvalue weighted by Crippen LogP contribution is 2.27. The van der Waals surface area contributed by atoms with Crippen LogP contribution >= 0.6 is 11.6 Å². The maximum absolute atomic E-state index is 11.4. The van der Waals surface area contributed by atoms with Crippen molar-refractivity contribution in [1.29, 1.82) is 0 Å². The Morgan fingerprint density at radius 2 is 2.06 bits per heavy atom. The molecule has 0 aliphatic heterocycles. The van der Waals surface area contributed by atoms with Crippen LogP contribution in [0.25, 0.3) is 0 Å². The van der Waals surface area contributed by atoms with Crippen LogP contribution in [0, 0.1) is 5.92 Å². The van der Waals surface area contributed by atoms with E-state index in [9.17, 15) is 13.2 Å². The van der Waals surface area contributed by atoms with Gasteiger partial charge in [-0.3, -0.25) is 0 Å². The number of carbonyl (C=O) groups is 1. The summed E-state index contributed by atoms with van der Waals surface area (Å²) < 4.78 is 31.0. The second-order valence-corrected chi connectivity index (χ2v) is 6.07. The summed E-state index contributed by atoms with van der Waals surface area (Å²) in [6, 6.07) is 0. The third-order valence-electron chi connectivity index (χ3n) is 2.75. The molecule has 2 atom stereocenters. The molecule has 1 aliphatic carbocycles. The molecule has 1 amide bonds. The average Bonchev–Trinajstić information content (AvgIpc) is 2.27. The van der Waals surface area contributed by atoms with Crippen LogP contribution in [-0.2, 0) is 14.9 Å². The SMILES string of the molecule is COC(=O)NS(=O)(=O)NCC1CCCCC1Cl. The molecule has 100 valence electrons. The van der Waals surface area contributed by atoms with Crippen LogP contribution in [-0.4, -0.2) is 33.5 Å². The minimum absolute atomic E-state index is 0.00965. The van der Waals surface area contributed by atoms with Gasteiger partial charge in [0.15, 0.2) is 0 Å². The molecular weight excluding hydrogens is 268 g/mol. The van der Waals surface area contributed by atoms with E-state index >= 15 is 0 Å². The van der Waals surface area contributed by atoms with Crippen molar-refractivity contribution in [3.63, 3.8) is 0 Å². The van der Waals surface area contributed by atoms with Crippen molar-refractivity contribution in [3.05, 3.63) is 0 Å². The number of carbonyl (C=O) groups excluding carboxylic acids is 1. The molecule has 0 heterocycles. The van der Waals surface area contributed by atoms with E-state index in [0.717, 1.165) is 32.8 Å². The zero-order chi connectivity index (χ0) is 12.9. The fraction of sp³-hybridized carbons (Fsp3) is 0.889. The predicted octanol–water partition coefficient (Wildman–Crippen LogP) is 0.974. The van der Waals surface area contributed by atoms with Gasteiger partial charge < -0.3 is 4.74 Å². The third-order valence-corrected chi connectivity index (χ3v) is 4.31. The number of ether oxygens (including phenoxy) is 1. The number of nitrogens with one attached hydrogen (secondary N) is 2. The van der Waals surface area contributed by atoms with Crippen LogP contribution in [0.5, 0.6) is 0 Å². The van der Waals surface area contributed by atoms with Crippen molar-refractivity contribution in [1.82, 2.24) is 9.44 Å². The van der Waals surface area contributed by atoms with Gasteiger partial charge in [0, 0.05) is 11.9 Å². The number of rotatable bonds is 4. The largest absolute Gasteiger partial charge is 0.452 e. The van der Waals surface area contributed by atoms with E-state index in [1.54, 1.807) is 4.72 Å². The van der Waals surface area contributed by atoms with Crippen LogP contribution in [0.2, 0.25) is 0 Å². The first kappa shape index (κ1) is 14.5. The lowest BCUT2D eigenvalue weighted by molar-refractivity contribution is 0.177. The lowest BCUT2D eigenvalue weighted by Gasteiger charge is -2.26. The molecule has 0 radical (unpaired) electrons. The smallest absolute Gasteiger partial charge is 0.421 e. The molecule has 1 rings (SSSR count). The van der Waals surface area contributed by atoms with E-state index in [4.69, 9.17) is 11.6 Å². The fourth-order valence-corrected chi connectivity index (χ4v) is 2.97. The highest BCUT2D eigenvalue weighted by atomic mass is 35.5. The minimum Gasteiger partial charge on any atom is -0.452 e. The summed E-state index contributed by atoms with van der Waals surface area (Å²) in [4.78, 5) is 10.8. The van der Waals surface area contributed by atoms with Crippen LogP contribution in [0.1, 0.15) is 25.7 Å². The van der Waals surface area contributed by atoms with Crippen molar-refractivity contribution < 1.29 is 17.9 Å². The van der Waals surface area contributed by atoms with Crippen molar-refractivity contribution >= 4 is 27.9 Å². The van der Waals surface area contributed by atoms with Gasteiger partial charge in [0.25, 0.3) is 0 Å². The fourth-order valence-electron chi connectivity index (χ4n) is 1.80. The normalized spacial score (nSPS) is 25.3. The molecule has 1 fully saturated rings. The van der Waals surface area contributed by atoms with Gasteiger partial charge in [0.2, 0.25) is 0 Å². The molecular formula is C9H17ClN2O4S. The molecule has 1 saturated carbocycles. The Hall–Kier alpha value is -0.530. The molecule has 2 unspecified atom stereocenters. The van der Waals surface area contributed by atoms with Gasteiger partial charge in [-0.1, -0.05) is 12.8 Å². The van der Waals surface area contributed by atoms with E-state index in [1.165, 1.54) is 0 Å². The maximum Gasteiger partial charge on any atom is 0.421 e. The number of halogens is 1. The summed E-state index contributed by atoms with van der Waals surface area (Å²) in [6.07, 6.45) is 2.93. The first-order chi connectivity index (χ1) is 7.94. The Morgan fingerprint density at radius 3 is 2.65 bits per heavy atom. The Morgan fingerprint density at radius 1 is 1.41 bits per heavy atom. The summed E-state index contributed by atoms with van der Waals surface area (Å²) in [5, 5.41) is -0.00965. The van der Waals surface area contributed by atoms with Gasteiger partial charge in [0.1, 0.15) is 0 Å². The quantitative estimate of drug-likeness (QED) is 0.754. The van der Waals surface area contributed by atoms with Gasteiger partial charge in [-0.15, -0.1) is 11.6 Å². The van der Waals surface area contributed by atoms with Crippen molar-refractivity contribution in [2.24, 2.45) is 5.92 Å². The number of methoxy groups -OCH3 is 1. The van der Waals surface area contributed by atoms with Crippen molar-refractivity contribution in [2.75, 3.05) is 13.7 Å². The minimum atomic E-state index is -3.85. The molecule has 0 aromatic heterocycles. The second kappa shape index (κ2) is 6.42. The third kappa shape index (κ3) is 5.10. The van der Waals surface area contributed by atoms with Crippen molar-refractivity contribution in [3.8, 4) is 0 Å². The first-order valence-corrected chi connectivity index (χ1v) is 7.36. The van der Waals surface area contributed by atoms with Gasteiger partial charge in [-0.05, 0) is 18.8 Å². The lowest BCUT2D eigenvalue weighted by atomic mass is 9.89. The summed E-state index contributed by atoms with van der Waals surface area (Å²) in [5.41, 5.74) is 0. The maximum atomic E-state index is 11.4. The van der Waals surface area contributed by atoms with E-state index in [2.05, 4.69) is 9.46 Å². The Kier molecular flexibility index (Phi) is 5.48. The van der Waals surface area contributed by atoms with Crippen LogP contribution in [0.15, 0.2) is 0 Å². The van der Waals surface area contributed by atoms with Gasteiger partial charge in [-0.25, -0.2) is 9.52 Å². The van der Waals surface area contributed by atoms with Gasteiger partial charge in [-0.2, -0.15) is 13.1 Å². The molecule has 6 nitrogen and oxygen atoms in total. The van der Waals surface area contributed by atoms with Crippen LogP contribution < -0.4 is 9.44 Å². The predicted molar refractivity (Wildman–Crippen MR) is 64.1 cm³/mol. The van der Waals surface area contributed by atoms with Crippen LogP contribution in [0.3, 0.4) is 0 Å². The molecule has 1 aliphatic rings. The molecule has 0 aromatic rings. The molecule has 2 N–H and O–H groups in total. The highest BCUT2D eigenvalue weighted by Gasteiger charge is 2.25. The van der Waals surface area contributed by atoms with Gasteiger partial charge in [0.05, 0.1) is 7.11 Å². The Bertz CT molecular complexity index is 360. The first-order valence-electron chi connectivity index (χ1n) is 5.44. The molecule has 0 spiro atoms. The monoisotopic (exact) mass is 284 g/mol. The van der Waals surface area contributed by atoms with E-state index < -0.39 is 16.3 Å².